The zero-order valence-electron chi connectivity index (χ0n) is 9.67. The molecule has 0 radical (unpaired) electrons. The fourth-order valence-corrected chi connectivity index (χ4v) is 1.81. The number of hydrogen-bond acceptors (Lipinski definition) is 6. The molecule has 0 unspecified atom stereocenters. The van der Waals surface area contributed by atoms with Crippen molar-refractivity contribution in [1.29, 1.82) is 0 Å². The van der Waals surface area contributed by atoms with Crippen molar-refractivity contribution in [2.24, 2.45) is 0 Å². The average molecular weight is 302 g/mol. The Bertz CT molecular complexity index is 453. The summed E-state index contributed by atoms with van der Waals surface area (Å²) in [5, 5.41) is -5.11. The summed E-state index contributed by atoms with van der Waals surface area (Å²) in [5.41, 5.74) is 0. The zero-order chi connectivity index (χ0) is 14.7. The van der Waals surface area contributed by atoms with Gasteiger partial charge in [-0.25, -0.2) is 9.59 Å². The highest BCUT2D eigenvalue weighted by molar-refractivity contribution is 7.87. The largest absolute Gasteiger partial charge is 0.465 e. The minimum Gasteiger partial charge on any atom is -0.460 e. The molecule has 19 heavy (non-hydrogen) atoms. The first-order chi connectivity index (χ1) is 8.64. The van der Waals surface area contributed by atoms with E-state index in [0.29, 0.717) is 12.8 Å². The van der Waals surface area contributed by atoms with Crippen molar-refractivity contribution in [1.82, 2.24) is 0 Å². The van der Waals surface area contributed by atoms with E-state index in [4.69, 9.17) is 9.29 Å². The highest BCUT2D eigenvalue weighted by Crippen LogP contribution is 2.23. The van der Waals surface area contributed by atoms with Gasteiger partial charge < -0.3 is 9.47 Å². The molecule has 7 nitrogen and oxygen atoms in total. The van der Waals surface area contributed by atoms with Crippen molar-refractivity contribution in [2.45, 2.75) is 37.0 Å². The second-order valence-electron chi connectivity index (χ2n) is 3.96. The lowest BCUT2D eigenvalue weighted by Crippen LogP contribution is -2.40. The van der Waals surface area contributed by atoms with Gasteiger partial charge in [0.15, 0.2) is 6.61 Å². The Morgan fingerprint density at radius 2 is 1.79 bits per heavy atom. The van der Waals surface area contributed by atoms with Gasteiger partial charge in [-0.3, -0.25) is 4.55 Å². The second-order valence-corrected chi connectivity index (χ2v) is 5.43. The summed E-state index contributed by atoms with van der Waals surface area (Å²) in [7, 11) is -5.93. The summed E-state index contributed by atoms with van der Waals surface area (Å²) in [6, 6.07) is 0. The molecule has 1 rings (SSSR count). The number of esters is 2. The summed E-state index contributed by atoms with van der Waals surface area (Å²) in [5.74, 6) is -3.58. The summed E-state index contributed by atoms with van der Waals surface area (Å²) in [6.07, 6.45) is 2.69. The van der Waals surface area contributed by atoms with Crippen molar-refractivity contribution in [3.05, 3.63) is 0 Å². The number of carbonyl (C=O) groups excluding carboxylic acids is 2. The molecule has 0 saturated heterocycles. The van der Waals surface area contributed by atoms with Crippen LogP contribution < -0.4 is 0 Å². The van der Waals surface area contributed by atoms with Crippen molar-refractivity contribution in [3.63, 3.8) is 0 Å². The minimum atomic E-state index is -5.93. The van der Waals surface area contributed by atoms with Crippen LogP contribution in [-0.4, -0.2) is 42.9 Å². The van der Waals surface area contributed by atoms with Crippen LogP contribution in [0.1, 0.15) is 25.7 Å². The number of halogens is 2. The van der Waals surface area contributed by atoms with Gasteiger partial charge in [-0.1, -0.05) is 0 Å². The predicted octanol–water partition coefficient (Wildman–Crippen LogP) is 0.496. The van der Waals surface area contributed by atoms with Crippen LogP contribution in [0.2, 0.25) is 0 Å². The van der Waals surface area contributed by atoms with E-state index in [0.717, 1.165) is 12.8 Å². The lowest BCUT2D eigenvalue weighted by Gasteiger charge is -2.13. The molecule has 1 N–H and O–H groups in total. The molecule has 1 aliphatic rings. The summed E-state index contributed by atoms with van der Waals surface area (Å²) in [4.78, 5) is 21.9. The molecule has 0 heterocycles. The Hall–Kier alpha value is -1.29. The van der Waals surface area contributed by atoms with E-state index in [1.165, 1.54) is 0 Å². The molecule has 1 fully saturated rings. The Morgan fingerprint density at radius 1 is 1.26 bits per heavy atom. The van der Waals surface area contributed by atoms with Crippen LogP contribution in [0.25, 0.3) is 0 Å². The average Bonchev–Trinajstić information content (AvgIpc) is 2.76. The van der Waals surface area contributed by atoms with Crippen LogP contribution in [-0.2, 0) is 29.2 Å². The van der Waals surface area contributed by atoms with Crippen LogP contribution in [0.3, 0.4) is 0 Å². The van der Waals surface area contributed by atoms with Crippen LogP contribution in [0.15, 0.2) is 0 Å². The van der Waals surface area contributed by atoms with E-state index in [-0.39, 0.29) is 6.10 Å². The number of rotatable bonds is 5. The SMILES string of the molecule is O=C(COC(=O)C(F)(F)S(=O)(=O)O)OC1CCCC1. The van der Waals surface area contributed by atoms with Crippen molar-refractivity contribution in [2.75, 3.05) is 6.61 Å². The van der Waals surface area contributed by atoms with Crippen LogP contribution in [0, 0.1) is 0 Å². The minimum absolute atomic E-state index is 0.340. The molecule has 0 atom stereocenters. The van der Waals surface area contributed by atoms with Crippen molar-refractivity contribution >= 4 is 22.1 Å². The molecule has 10 heteroatoms. The highest BCUT2D eigenvalue weighted by Gasteiger charge is 2.54. The Balaban J connectivity index is 2.43. The van der Waals surface area contributed by atoms with Crippen LogP contribution in [0.4, 0.5) is 8.78 Å². The van der Waals surface area contributed by atoms with E-state index in [2.05, 4.69) is 4.74 Å². The van der Waals surface area contributed by atoms with Crippen LogP contribution in [0.5, 0.6) is 0 Å². The fourth-order valence-electron chi connectivity index (χ4n) is 1.54. The molecule has 0 aromatic heterocycles. The van der Waals surface area contributed by atoms with Gasteiger partial charge in [-0.15, -0.1) is 0 Å². The standard InChI is InChI=1S/C9H12F2O7S/c10-9(11,19(14,15)16)8(13)17-5-7(12)18-6-3-1-2-4-6/h6H,1-5H2,(H,14,15,16). The fraction of sp³-hybridized carbons (Fsp3) is 0.778. The van der Waals surface area contributed by atoms with E-state index in [1.54, 1.807) is 0 Å². The van der Waals surface area contributed by atoms with E-state index < -0.39 is 33.9 Å². The molecule has 0 bridgehead atoms. The quantitative estimate of drug-likeness (QED) is 0.582. The first-order valence-corrected chi connectivity index (χ1v) is 6.80. The molecule has 1 saturated carbocycles. The first kappa shape index (κ1) is 15.8. The maximum Gasteiger partial charge on any atom is 0.465 e. The Labute approximate surface area is 107 Å². The van der Waals surface area contributed by atoms with Crippen molar-refractivity contribution < 1.29 is 40.8 Å². The van der Waals surface area contributed by atoms with Gasteiger partial charge in [0.1, 0.15) is 6.10 Å². The van der Waals surface area contributed by atoms with Gasteiger partial charge in [0, 0.05) is 0 Å². The number of alkyl halides is 2. The molecule has 0 aliphatic heterocycles. The normalized spacial score (nSPS) is 17.2. The third kappa shape index (κ3) is 4.10. The van der Waals surface area contributed by atoms with Gasteiger partial charge in [-0.05, 0) is 25.7 Å². The molecular formula is C9H12F2O7S. The summed E-state index contributed by atoms with van der Waals surface area (Å²) in [6.45, 7) is -1.14. The molecule has 0 spiro atoms. The Kier molecular flexibility index (Phi) is 4.80. The first-order valence-electron chi connectivity index (χ1n) is 5.36. The Morgan fingerprint density at radius 3 is 2.26 bits per heavy atom. The third-order valence-corrected chi connectivity index (χ3v) is 3.30. The van der Waals surface area contributed by atoms with Gasteiger partial charge in [-0.2, -0.15) is 17.2 Å². The van der Waals surface area contributed by atoms with Gasteiger partial charge in [0.25, 0.3) is 0 Å². The smallest absolute Gasteiger partial charge is 0.460 e. The van der Waals surface area contributed by atoms with Gasteiger partial charge in [0.05, 0.1) is 0 Å². The number of ether oxygens (including phenoxy) is 2. The topological polar surface area (TPSA) is 107 Å². The lowest BCUT2D eigenvalue weighted by atomic mass is 10.3. The molecular weight excluding hydrogens is 290 g/mol. The molecule has 0 amide bonds. The number of hydrogen-bond donors (Lipinski definition) is 1. The van der Waals surface area contributed by atoms with E-state index in [1.807, 2.05) is 0 Å². The summed E-state index contributed by atoms with van der Waals surface area (Å²) < 4.78 is 62.5. The molecule has 110 valence electrons. The molecule has 1 aliphatic carbocycles. The number of carbonyl (C=O) groups is 2. The predicted molar refractivity (Wildman–Crippen MR) is 55.8 cm³/mol. The second kappa shape index (κ2) is 5.78. The maximum atomic E-state index is 12.7. The van der Waals surface area contributed by atoms with Crippen LogP contribution >= 0.6 is 0 Å². The lowest BCUT2D eigenvalue weighted by molar-refractivity contribution is -0.171. The summed E-state index contributed by atoms with van der Waals surface area (Å²) >= 11 is 0. The third-order valence-electron chi connectivity index (χ3n) is 2.48. The zero-order valence-corrected chi connectivity index (χ0v) is 10.5. The van der Waals surface area contributed by atoms with Gasteiger partial charge in [0.2, 0.25) is 0 Å². The van der Waals surface area contributed by atoms with E-state index in [9.17, 15) is 26.8 Å². The van der Waals surface area contributed by atoms with Crippen molar-refractivity contribution in [3.8, 4) is 0 Å². The van der Waals surface area contributed by atoms with Gasteiger partial charge >= 0.3 is 27.3 Å². The monoisotopic (exact) mass is 302 g/mol. The van der Waals surface area contributed by atoms with E-state index >= 15 is 0 Å². The molecule has 0 aromatic carbocycles. The highest BCUT2D eigenvalue weighted by atomic mass is 32.2. The maximum absolute atomic E-state index is 12.7. The molecule has 0 aromatic rings.